The van der Waals surface area contributed by atoms with E-state index in [-0.39, 0.29) is 0 Å². The van der Waals surface area contributed by atoms with E-state index in [1.54, 1.807) is 31.6 Å². The van der Waals surface area contributed by atoms with Crippen molar-refractivity contribution in [2.45, 2.75) is 0 Å². The Hall–Kier alpha value is -1.25. The first kappa shape index (κ1) is 5.88. The lowest BCUT2D eigenvalue weighted by atomic mass is 10.4. The number of hydrogen-bond donors (Lipinski definition) is 0. The van der Waals surface area contributed by atoms with E-state index in [1.807, 2.05) is 0 Å². The maximum atomic E-state index is 3.83. The van der Waals surface area contributed by atoms with Crippen LogP contribution in [-0.4, -0.2) is 12.0 Å². The van der Waals surface area contributed by atoms with Gasteiger partial charge in [0.2, 0.25) is 0 Å². The predicted molar refractivity (Wildman–Crippen MR) is 34.7 cm³/mol. The Morgan fingerprint density at radius 1 is 1.33 bits per heavy atom. The van der Waals surface area contributed by atoms with Crippen molar-refractivity contribution in [2.75, 3.05) is 7.05 Å². The van der Waals surface area contributed by atoms with Gasteiger partial charge in [-0.15, -0.1) is 0 Å². The van der Waals surface area contributed by atoms with E-state index in [2.05, 4.69) is 15.2 Å². The van der Waals surface area contributed by atoms with Crippen LogP contribution < -0.4 is 0 Å². The third-order valence-electron chi connectivity index (χ3n) is 0.878. The molecule has 0 saturated carbocycles. The molecule has 0 aliphatic heterocycles. The minimum atomic E-state index is 0.840. The van der Waals surface area contributed by atoms with Gasteiger partial charge in [0.25, 0.3) is 0 Å². The summed E-state index contributed by atoms with van der Waals surface area (Å²) in [4.78, 5) is 3.83. The van der Waals surface area contributed by atoms with Gasteiger partial charge < -0.3 is 0 Å². The molecule has 1 rings (SSSR count). The number of hydrogen-bond acceptors (Lipinski definition) is 3. The van der Waals surface area contributed by atoms with Gasteiger partial charge in [-0.25, -0.2) is 0 Å². The highest BCUT2D eigenvalue weighted by Crippen LogP contribution is 2.07. The highest BCUT2D eigenvalue weighted by Gasteiger charge is 1.80. The lowest BCUT2D eigenvalue weighted by molar-refractivity contribution is 1.16. The van der Waals surface area contributed by atoms with Gasteiger partial charge in [-0.1, -0.05) is 0 Å². The summed E-state index contributed by atoms with van der Waals surface area (Å²) in [6, 6.07) is 3.60. The van der Waals surface area contributed by atoms with Gasteiger partial charge in [0.15, 0.2) is 0 Å². The summed E-state index contributed by atoms with van der Waals surface area (Å²) in [5.41, 5.74) is 0.840. The zero-order chi connectivity index (χ0) is 6.53. The molecule has 0 saturated heterocycles. The van der Waals surface area contributed by atoms with Crippen LogP contribution in [0.25, 0.3) is 0 Å². The molecule has 0 unspecified atom stereocenters. The van der Waals surface area contributed by atoms with E-state index < -0.39 is 0 Å². The molecule has 1 aromatic heterocycles. The summed E-state index contributed by atoms with van der Waals surface area (Å²) in [6.45, 7) is 0. The molecule has 0 aromatic carbocycles. The van der Waals surface area contributed by atoms with Crippen molar-refractivity contribution in [1.82, 2.24) is 4.98 Å². The summed E-state index contributed by atoms with van der Waals surface area (Å²) < 4.78 is 0. The van der Waals surface area contributed by atoms with Crippen LogP contribution in [0.3, 0.4) is 0 Å². The molecule has 46 valence electrons. The lowest BCUT2D eigenvalue weighted by Gasteiger charge is -1.84. The maximum Gasteiger partial charge on any atom is 0.0883 e. The number of pyridine rings is 1. The molecule has 9 heavy (non-hydrogen) atoms. The maximum absolute atomic E-state index is 3.83. The molecular weight excluding hydrogens is 114 g/mol. The normalized spacial score (nSPS) is 10.3. The van der Waals surface area contributed by atoms with E-state index in [9.17, 15) is 0 Å². The Balaban J connectivity index is 2.85. The van der Waals surface area contributed by atoms with Gasteiger partial charge in [0, 0.05) is 19.4 Å². The van der Waals surface area contributed by atoms with Crippen molar-refractivity contribution in [3.63, 3.8) is 0 Å². The fourth-order valence-electron chi connectivity index (χ4n) is 0.526. The standard InChI is InChI=1S/C6H7N3/c1-7-9-6-2-4-8-5-3-6/h2-5H,1H3. The van der Waals surface area contributed by atoms with Crippen LogP contribution in [-0.2, 0) is 0 Å². The van der Waals surface area contributed by atoms with Gasteiger partial charge in [-0.05, 0) is 12.1 Å². The molecule has 0 fully saturated rings. The van der Waals surface area contributed by atoms with Crippen molar-refractivity contribution in [2.24, 2.45) is 10.2 Å². The van der Waals surface area contributed by atoms with Crippen molar-refractivity contribution in [3.8, 4) is 0 Å². The molecule has 0 amide bonds. The van der Waals surface area contributed by atoms with Gasteiger partial charge >= 0.3 is 0 Å². The highest BCUT2D eigenvalue weighted by molar-refractivity contribution is 5.32. The average molecular weight is 121 g/mol. The quantitative estimate of drug-likeness (QED) is 0.522. The zero-order valence-corrected chi connectivity index (χ0v) is 5.15. The zero-order valence-electron chi connectivity index (χ0n) is 5.15. The fourth-order valence-corrected chi connectivity index (χ4v) is 0.526. The Kier molecular flexibility index (Phi) is 1.90. The van der Waals surface area contributed by atoms with Crippen LogP contribution in [0.4, 0.5) is 5.69 Å². The lowest BCUT2D eigenvalue weighted by Crippen LogP contribution is -1.64. The van der Waals surface area contributed by atoms with Crippen molar-refractivity contribution >= 4 is 5.69 Å². The predicted octanol–water partition coefficient (Wildman–Crippen LogP) is 1.80. The van der Waals surface area contributed by atoms with Crippen molar-refractivity contribution in [3.05, 3.63) is 24.5 Å². The molecule has 3 nitrogen and oxygen atoms in total. The fraction of sp³-hybridized carbons (Fsp3) is 0.167. The van der Waals surface area contributed by atoms with Crippen molar-refractivity contribution < 1.29 is 0 Å². The third kappa shape index (κ3) is 1.60. The van der Waals surface area contributed by atoms with E-state index >= 15 is 0 Å². The highest BCUT2D eigenvalue weighted by atomic mass is 15.1. The topological polar surface area (TPSA) is 37.6 Å². The minimum absolute atomic E-state index is 0.840. The van der Waals surface area contributed by atoms with Crippen LogP contribution >= 0.6 is 0 Å². The Morgan fingerprint density at radius 2 is 2.00 bits per heavy atom. The Bertz CT molecular complexity index is 193. The molecule has 0 bridgehead atoms. The van der Waals surface area contributed by atoms with E-state index in [0.717, 1.165) is 5.69 Å². The van der Waals surface area contributed by atoms with Crippen LogP contribution in [0, 0.1) is 0 Å². The molecule has 0 aliphatic rings. The second-order valence-electron chi connectivity index (χ2n) is 1.51. The van der Waals surface area contributed by atoms with Crippen LogP contribution in [0.2, 0.25) is 0 Å². The number of aromatic nitrogens is 1. The summed E-state index contributed by atoms with van der Waals surface area (Å²) >= 11 is 0. The summed E-state index contributed by atoms with van der Waals surface area (Å²) in [6.07, 6.45) is 3.37. The van der Waals surface area contributed by atoms with Crippen LogP contribution in [0.5, 0.6) is 0 Å². The summed E-state index contributed by atoms with van der Waals surface area (Å²) in [5.74, 6) is 0. The SMILES string of the molecule is CN=Nc1ccncc1. The van der Waals surface area contributed by atoms with E-state index in [0.29, 0.717) is 0 Å². The first-order valence-electron chi connectivity index (χ1n) is 2.63. The third-order valence-corrected chi connectivity index (χ3v) is 0.878. The second-order valence-corrected chi connectivity index (χ2v) is 1.51. The van der Waals surface area contributed by atoms with Gasteiger partial charge in [0.05, 0.1) is 5.69 Å². The van der Waals surface area contributed by atoms with E-state index in [4.69, 9.17) is 0 Å². The Morgan fingerprint density at radius 3 is 2.56 bits per heavy atom. The number of azo groups is 1. The summed E-state index contributed by atoms with van der Waals surface area (Å²) in [7, 11) is 1.64. The van der Waals surface area contributed by atoms with Gasteiger partial charge in [0.1, 0.15) is 0 Å². The molecule has 0 spiro atoms. The molecule has 3 heteroatoms. The first-order valence-corrected chi connectivity index (χ1v) is 2.63. The Labute approximate surface area is 53.5 Å². The van der Waals surface area contributed by atoms with Crippen LogP contribution in [0.15, 0.2) is 34.8 Å². The number of nitrogens with zero attached hydrogens (tertiary/aromatic N) is 3. The van der Waals surface area contributed by atoms with Gasteiger partial charge in [-0.3, -0.25) is 4.98 Å². The van der Waals surface area contributed by atoms with E-state index in [1.165, 1.54) is 0 Å². The molecule has 0 aliphatic carbocycles. The monoisotopic (exact) mass is 121 g/mol. The molecule has 1 heterocycles. The van der Waals surface area contributed by atoms with Crippen LogP contribution in [0.1, 0.15) is 0 Å². The van der Waals surface area contributed by atoms with Gasteiger partial charge in [-0.2, -0.15) is 10.2 Å². The van der Waals surface area contributed by atoms with Crippen molar-refractivity contribution in [1.29, 1.82) is 0 Å². The summed E-state index contributed by atoms with van der Waals surface area (Å²) in [5, 5.41) is 7.39. The molecule has 0 atom stereocenters. The minimum Gasteiger partial charge on any atom is -0.265 e. The smallest absolute Gasteiger partial charge is 0.0883 e. The number of rotatable bonds is 1. The average Bonchev–Trinajstić information content (AvgIpc) is 1.91. The molecule has 0 radical (unpaired) electrons. The molecule has 0 N–H and O–H groups in total. The first-order chi connectivity index (χ1) is 4.43. The molecular formula is C6H7N3. The molecule has 1 aromatic rings. The largest absolute Gasteiger partial charge is 0.265 e. The second kappa shape index (κ2) is 2.91.